The molecule has 0 saturated carbocycles. The summed E-state index contributed by atoms with van der Waals surface area (Å²) < 4.78 is 6.08. The number of carbonyl (C=O) groups excluding carboxylic acids is 2. The minimum absolute atomic E-state index is 0. The maximum atomic E-state index is 13.4. The van der Waals surface area contributed by atoms with Crippen LogP contribution >= 0.6 is 7.26 Å². The summed E-state index contributed by atoms with van der Waals surface area (Å²) in [5, 5.41) is 21.2. The van der Waals surface area contributed by atoms with Crippen molar-refractivity contribution >= 4 is 18.8 Å². The van der Waals surface area contributed by atoms with Crippen LogP contribution in [0.25, 0.3) is 0 Å². The van der Waals surface area contributed by atoms with E-state index in [0.717, 1.165) is 12.8 Å². The smallest absolute Gasteiger partial charge is 0.201 e. The maximum absolute atomic E-state index is 13.4. The second-order valence-electron chi connectivity index (χ2n) is 15.2. The molecule has 51 heavy (non-hydrogen) atoms. The molecule has 1 aliphatic rings. The van der Waals surface area contributed by atoms with Crippen LogP contribution in [0.4, 0.5) is 0 Å². The van der Waals surface area contributed by atoms with Crippen molar-refractivity contribution in [3.05, 3.63) is 52.1 Å². The van der Waals surface area contributed by atoms with E-state index in [-0.39, 0.29) is 56.5 Å². The van der Waals surface area contributed by atoms with Gasteiger partial charge in [0, 0.05) is 24.5 Å². The molecule has 0 saturated heterocycles. The first-order valence-corrected chi connectivity index (χ1v) is 23.1. The van der Waals surface area contributed by atoms with Gasteiger partial charge in [-0.25, -0.2) is 0 Å². The van der Waals surface area contributed by atoms with Gasteiger partial charge in [0.1, 0.15) is 17.2 Å². The van der Waals surface area contributed by atoms with Gasteiger partial charge in [0.2, 0.25) is 5.78 Å². The van der Waals surface area contributed by atoms with Crippen molar-refractivity contribution in [2.24, 2.45) is 0 Å². The lowest BCUT2D eigenvalue weighted by Crippen LogP contribution is -3.00. The molecule has 0 radical (unpaired) electrons. The molecule has 2 aromatic carbocycles. The minimum atomic E-state index is -0.997. The Morgan fingerprint density at radius 3 is 1.37 bits per heavy atom. The quantitative estimate of drug-likeness (QED) is 0.0566. The van der Waals surface area contributed by atoms with Gasteiger partial charge < -0.3 is 31.9 Å². The number of phenols is 2. The van der Waals surface area contributed by atoms with Crippen LogP contribution in [0.2, 0.25) is 0 Å². The number of fused-ring (bicyclic) bond motifs is 2. The largest absolute Gasteiger partial charge is 1.00 e. The zero-order valence-electron chi connectivity index (χ0n) is 32.6. The van der Waals surface area contributed by atoms with Crippen molar-refractivity contribution < 1.29 is 41.5 Å². The lowest BCUT2D eigenvalue weighted by molar-refractivity contribution is -0.0000275. The fourth-order valence-electron chi connectivity index (χ4n) is 7.83. The number of benzene rings is 2. The third kappa shape index (κ3) is 14.8. The van der Waals surface area contributed by atoms with Gasteiger partial charge >= 0.3 is 0 Å². The number of halogens is 1. The predicted octanol–water partition coefficient (Wildman–Crippen LogP) is 9.83. The van der Waals surface area contributed by atoms with Gasteiger partial charge in [0.05, 0.1) is 42.4 Å². The van der Waals surface area contributed by atoms with E-state index in [9.17, 15) is 19.8 Å². The monoisotopic (exact) mass is 788 g/mol. The van der Waals surface area contributed by atoms with Crippen LogP contribution in [0.3, 0.4) is 0 Å². The summed E-state index contributed by atoms with van der Waals surface area (Å²) in [4.78, 5) is 26.6. The summed E-state index contributed by atoms with van der Waals surface area (Å²) in [6.07, 6.45) is 34.0. The van der Waals surface area contributed by atoms with Gasteiger partial charge in [0.25, 0.3) is 0 Å². The van der Waals surface area contributed by atoms with E-state index in [1.54, 1.807) is 19.1 Å². The summed E-state index contributed by atoms with van der Waals surface area (Å²) in [7, 11) is -0.997. The first-order chi connectivity index (χ1) is 24.3. The summed E-state index contributed by atoms with van der Waals surface area (Å²) in [5.41, 5.74) is 0.901. The number of unbranched alkanes of at least 4 members (excludes halogenated alkanes) is 17. The molecule has 0 aliphatic heterocycles. The molecule has 288 valence electrons. The second-order valence-corrected chi connectivity index (χ2v) is 19.7. The maximum Gasteiger partial charge on any atom is 0.201 e. The van der Waals surface area contributed by atoms with Crippen molar-refractivity contribution in [1.29, 1.82) is 0 Å². The number of ketones is 2. The molecule has 2 aromatic rings. The first-order valence-electron chi connectivity index (χ1n) is 20.5. The van der Waals surface area contributed by atoms with E-state index in [2.05, 4.69) is 20.8 Å². The molecule has 0 fully saturated rings. The molecule has 0 aromatic heterocycles. The van der Waals surface area contributed by atoms with E-state index in [0.29, 0.717) is 17.9 Å². The van der Waals surface area contributed by atoms with Gasteiger partial charge in [-0.05, 0) is 88.5 Å². The topological polar surface area (TPSA) is 83.8 Å². The summed E-state index contributed by atoms with van der Waals surface area (Å²) in [6.45, 7) is 9.18. The van der Waals surface area contributed by atoms with Gasteiger partial charge in [-0.15, -0.1) is 0 Å². The van der Waals surface area contributed by atoms with E-state index < -0.39 is 13.0 Å². The van der Waals surface area contributed by atoms with Crippen molar-refractivity contribution in [3.8, 4) is 17.2 Å². The van der Waals surface area contributed by atoms with Crippen LogP contribution in [0.1, 0.15) is 193 Å². The van der Waals surface area contributed by atoms with Crippen molar-refractivity contribution in [3.63, 3.8) is 0 Å². The van der Waals surface area contributed by atoms with Gasteiger partial charge in [-0.1, -0.05) is 97.8 Å². The molecule has 3 rings (SSSR count). The molecule has 2 N–H and O–H groups in total. The highest BCUT2D eigenvalue weighted by Gasteiger charge is 2.36. The molecule has 0 spiro atoms. The number of aryl methyl sites for hydroxylation is 1. The van der Waals surface area contributed by atoms with Crippen LogP contribution < -0.4 is 21.7 Å². The number of ether oxygens (including phenoxy) is 1. The molecular weight excluding hydrogens is 719 g/mol. The molecule has 0 unspecified atom stereocenters. The number of carbonyl (C=O) groups is 2. The average molecular weight is 790 g/mol. The molecular formula is C44H70BrO5P. The van der Waals surface area contributed by atoms with E-state index in [1.165, 1.54) is 159 Å². The number of phenolic OH excluding ortho intramolecular Hbond substituents is 2. The van der Waals surface area contributed by atoms with Crippen molar-refractivity contribution in [1.82, 2.24) is 0 Å². The van der Waals surface area contributed by atoms with Crippen molar-refractivity contribution in [2.45, 2.75) is 163 Å². The fraction of sp³-hybridized carbons (Fsp3) is 0.682. The Balaban J connectivity index is 0.00000901. The van der Waals surface area contributed by atoms with E-state index in [1.807, 2.05) is 0 Å². The molecule has 0 heterocycles. The standard InChI is InChI=1S/C44H69O5P.BrH/c1-5-8-11-14-17-22-27-50(28-23-18-15-12-9-6-2,29-24-19-16-13-10-7-3)30-25-20-21-26-49-36-33-38-42(40(46)34-36)44(48)41-37(43(38)47)31-35(4)32-39(41)45;/h31-34H,5-30H2,1-4H3,(H-,45,46,48);1H. The van der Waals surface area contributed by atoms with Crippen LogP contribution in [0.5, 0.6) is 17.2 Å². The van der Waals surface area contributed by atoms with Crippen LogP contribution in [-0.4, -0.2) is 53.0 Å². The molecule has 0 bridgehead atoms. The highest BCUT2D eigenvalue weighted by molar-refractivity contribution is 7.75. The summed E-state index contributed by atoms with van der Waals surface area (Å²) in [5.74, 6) is -1.03. The van der Waals surface area contributed by atoms with Crippen LogP contribution in [0, 0.1) is 6.92 Å². The summed E-state index contributed by atoms with van der Waals surface area (Å²) >= 11 is 0. The third-order valence-corrected chi connectivity index (χ3v) is 15.9. The highest BCUT2D eigenvalue weighted by atomic mass is 79.9. The Bertz CT molecular complexity index is 1280. The zero-order valence-corrected chi connectivity index (χ0v) is 35.1. The average Bonchev–Trinajstić information content (AvgIpc) is 3.09. The Hall–Kier alpha value is -1.91. The summed E-state index contributed by atoms with van der Waals surface area (Å²) in [6, 6.07) is 6.10. The molecule has 0 amide bonds. The Kier molecular flexibility index (Phi) is 22.3. The van der Waals surface area contributed by atoms with Crippen LogP contribution in [0.15, 0.2) is 24.3 Å². The molecule has 0 atom stereocenters. The van der Waals surface area contributed by atoms with E-state index >= 15 is 0 Å². The molecule has 5 nitrogen and oxygen atoms in total. The molecule has 1 aliphatic carbocycles. The second kappa shape index (κ2) is 25.2. The van der Waals surface area contributed by atoms with Crippen molar-refractivity contribution in [2.75, 3.05) is 31.3 Å². The third-order valence-electron chi connectivity index (χ3n) is 10.8. The minimum Gasteiger partial charge on any atom is -1.00 e. The fourth-order valence-corrected chi connectivity index (χ4v) is 12.7. The first kappa shape index (κ1) is 45.2. The number of hydrogen-bond donors (Lipinski definition) is 2. The zero-order chi connectivity index (χ0) is 36.2. The van der Waals surface area contributed by atoms with Crippen LogP contribution in [-0.2, 0) is 0 Å². The van der Waals surface area contributed by atoms with E-state index in [4.69, 9.17) is 4.74 Å². The number of hydrogen-bond acceptors (Lipinski definition) is 5. The van der Waals surface area contributed by atoms with Gasteiger partial charge in [0.15, 0.2) is 5.78 Å². The Morgan fingerprint density at radius 1 is 0.510 bits per heavy atom. The number of aromatic hydroxyl groups is 2. The molecule has 7 heteroatoms. The highest BCUT2D eigenvalue weighted by Crippen LogP contribution is 2.61. The normalized spacial score (nSPS) is 12.5. The predicted molar refractivity (Wildman–Crippen MR) is 214 cm³/mol. The number of rotatable bonds is 28. The Labute approximate surface area is 322 Å². The van der Waals surface area contributed by atoms with Gasteiger partial charge in [-0.3, -0.25) is 9.59 Å². The SMILES string of the molecule is CCCCCCCC[P+](CCCCCCCC)(CCCCCCCC)CCCCCOc1cc(O)c2c(c1)C(=O)c1cc(C)cc(O)c1C2=O.[Br-]. The van der Waals surface area contributed by atoms with Gasteiger partial charge in [-0.2, -0.15) is 0 Å². The lowest BCUT2D eigenvalue weighted by Gasteiger charge is -2.28. The lowest BCUT2D eigenvalue weighted by atomic mass is 9.82. The Morgan fingerprint density at radius 2 is 0.902 bits per heavy atom.